The van der Waals surface area contributed by atoms with E-state index in [1.54, 1.807) is 4.90 Å². The lowest BCUT2D eigenvalue weighted by molar-refractivity contribution is -0.124. The van der Waals surface area contributed by atoms with Gasteiger partial charge in [-0.15, -0.1) is 0 Å². The minimum Gasteiger partial charge on any atom is -0.484 e. The van der Waals surface area contributed by atoms with Crippen LogP contribution in [-0.4, -0.2) is 42.6 Å². The summed E-state index contributed by atoms with van der Waals surface area (Å²) in [5.74, 6) is 0.580. The number of rotatable bonds is 6. The Bertz CT molecular complexity index is 787. The fourth-order valence-electron chi connectivity index (χ4n) is 3.22. The molecule has 0 atom stereocenters. The maximum Gasteiger partial charge on any atom is 0.321 e. The van der Waals surface area contributed by atoms with E-state index in [0.717, 1.165) is 24.9 Å². The van der Waals surface area contributed by atoms with Gasteiger partial charge in [-0.25, -0.2) is 4.79 Å². The topological polar surface area (TPSA) is 70.7 Å². The predicted molar refractivity (Wildman–Crippen MR) is 110 cm³/mol. The number of amides is 3. The van der Waals surface area contributed by atoms with Crippen LogP contribution in [0.2, 0.25) is 0 Å². The number of hydrogen-bond donors (Lipinski definition) is 2. The minimum absolute atomic E-state index is 0.00186. The molecule has 0 unspecified atom stereocenters. The molecule has 1 aliphatic heterocycles. The number of aryl methyl sites for hydroxylation is 1. The Hall–Kier alpha value is -3.02. The van der Waals surface area contributed by atoms with Crippen LogP contribution in [0.25, 0.3) is 0 Å². The zero-order valence-corrected chi connectivity index (χ0v) is 16.2. The highest BCUT2D eigenvalue weighted by molar-refractivity contribution is 5.89. The van der Waals surface area contributed by atoms with Crippen molar-refractivity contribution < 1.29 is 14.3 Å². The van der Waals surface area contributed by atoms with Gasteiger partial charge < -0.3 is 20.3 Å². The highest BCUT2D eigenvalue weighted by Crippen LogP contribution is 2.15. The van der Waals surface area contributed by atoms with Gasteiger partial charge in [-0.3, -0.25) is 4.79 Å². The fraction of sp³-hybridized carbons (Fsp3) is 0.364. The van der Waals surface area contributed by atoms with Crippen LogP contribution >= 0.6 is 0 Å². The molecule has 0 aromatic heterocycles. The Kier molecular flexibility index (Phi) is 6.89. The van der Waals surface area contributed by atoms with E-state index in [1.807, 2.05) is 54.6 Å². The van der Waals surface area contributed by atoms with Crippen molar-refractivity contribution in [1.82, 2.24) is 10.2 Å². The first-order valence-electron chi connectivity index (χ1n) is 9.76. The Morgan fingerprint density at radius 2 is 1.82 bits per heavy atom. The number of urea groups is 1. The second-order valence-electron chi connectivity index (χ2n) is 6.91. The van der Waals surface area contributed by atoms with Crippen LogP contribution in [0.5, 0.6) is 5.75 Å². The summed E-state index contributed by atoms with van der Waals surface area (Å²) in [5.41, 5.74) is 1.96. The average molecular weight is 381 g/mol. The fourth-order valence-corrected chi connectivity index (χ4v) is 3.22. The Morgan fingerprint density at radius 1 is 1.07 bits per heavy atom. The number of piperidine rings is 1. The highest BCUT2D eigenvalue weighted by Gasteiger charge is 2.24. The van der Waals surface area contributed by atoms with Crippen LogP contribution in [0.1, 0.15) is 25.3 Å². The molecule has 0 bridgehead atoms. The third-order valence-corrected chi connectivity index (χ3v) is 4.85. The van der Waals surface area contributed by atoms with Crippen molar-refractivity contribution in [2.45, 2.75) is 32.2 Å². The summed E-state index contributed by atoms with van der Waals surface area (Å²) >= 11 is 0. The Labute approximate surface area is 165 Å². The van der Waals surface area contributed by atoms with Crippen LogP contribution < -0.4 is 15.4 Å². The van der Waals surface area contributed by atoms with E-state index < -0.39 is 0 Å². The van der Waals surface area contributed by atoms with Crippen LogP contribution in [0, 0.1) is 0 Å². The third kappa shape index (κ3) is 5.74. The quantitative estimate of drug-likeness (QED) is 0.805. The molecule has 148 valence electrons. The van der Waals surface area contributed by atoms with Crippen LogP contribution in [-0.2, 0) is 11.2 Å². The van der Waals surface area contributed by atoms with Gasteiger partial charge in [0.25, 0.3) is 5.91 Å². The maximum atomic E-state index is 12.3. The number of benzene rings is 2. The monoisotopic (exact) mass is 381 g/mol. The van der Waals surface area contributed by atoms with Gasteiger partial charge in [0.05, 0.1) is 0 Å². The van der Waals surface area contributed by atoms with Crippen molar-refractivity contribution in [3.63, 3.8) is 0 Å². The molecule has 28 heavy (non-hydrogen) atoms. The average Bonchev–Trinajstić information content (AvgIpc) is 2.73. The summed E-state index contributed by atoms with van der Waals surface area (Å²) in [6.45, 7) is 3.31. The molecular weight excluding hydrogens is 354 g/mol. The van der Waals surface area contributed by atoms with Gasteiger partial charge in [0.15, 0.2) is 6.61 Å². The zero-order chi connectivity index (χ0) is 19.8. The number of likely N-dealkylation sites (tertiary alicyclic amines) is 1. The van der Waals surface area contributed by atoms with E-state index in [4.69, 9.17) is 4.74 Å². The summed E-state index contributed by atoms with van der Waals surface area (Å²) in [5, 5.41) is 5.90. The van der Waals surface area contributed by atoms with Gasteiger partial charge in [0, 0.05) is 24.8 Å². The molecular formula is C22H27N3O3. The largest absolute Gasteiger partial charge is 0.484 e. The van der Waals surface area contributed by atoms with E-state index in [2.05, 4.69) is 17.6 Å². The molecule has 0 aliphatic carbocycles. The van der Waals surface area contributed by atoms with Crippen LogP contribution in [0.15, 0.2) is 54.6 Å². The van der Waals surface area contributed by atoms with Gasteiger partial charge in [0.2, 0.25) is 0 Å². The Morgan fingerprint density at radius 3 is 2.54 bits per heavy atom. The van der Waals surface area contributed by atoms with Crippen molar-refractivity contribution in [3.05, 3.63) is 60.2 Å². The summed E-state index contributed by atoms with van der Waals surface area (Å²) < 4.78 is 5.59. The molecule has 2 aromatic rings. The van der Waals surface area contributed by atoms with Crippen molar-refractivity contribution in [2.24, 2.45) is 0 Å². The van der Waals surface area contributed by atoms with Gasteiger partial charge in [-0.05, 0) is 49.1 Å². The number of nitrogens with one attached hydrogen (secondary N) is 2. The zero-order valence-electron chi connectivity index (χ0n) is 16.2. The molecule has 0 spiro atoms. The molecule has 2 aromatic carbocycles. The molecule has 3 amide bonds. The smallest absolute Gasteiger partial charge is 0.321 e. The van der Waals surface area contributed by atoms with Crippen LogP contribution in [0.4, 0.5) is 10.5 Å². The number of carbonyl (C=O) groups excluding carboxylic acids is 2. The molecule has 6 heteroatoms. The Balaban J connectivity index is 1.38. The summed E-state index contributed by atoms with van der Waals surface area (Å²) in [7, 11) is 0. The van der Waals surface area contributed by atoms with E-state index in [-0.39, 0.29) is 24.6 Å². The summed E-state index contributed by atoms with van der Waals surface area (Å²) in [6.07, 6.45) is 2.40. The van der Waals surface area contributed by atoms with E-state index in [9.17, 15) is 9.59 Å². The normalized spacial score (nSPS) is 14.4. The number of anilines is 1. The molecule has 0 radical (unpaired) electrons. The third-order valence-electron chi connectivity index (χ3n) is 4.85. The number of ether oxygens (including phenoxy) is 1. The van der Waals surface area contributed by atoms with Gasteiger partial charge in [-0.1, -0.05) is 37.3 Å². The highest BCUT2D eigenvalue weighted by atomic mass is 16.5. The number of para-hydroxylation sites is 1. The first-order chi connectivity index (χ1) is 13.6. The van der Waals surface area contributed by atoms with E-state index in [0.29, 0.717) is 18.8 Å². The van der Waals surface area contributed by atoms with Crippen LogP contribution in [0.3, 0.4) is 0 Å². The van der Waals surface area contributed by atoms with Crippen molar-refractivity contribution in [2.75, 3.05) is 25.0 Å². The second-order valence-corrected chi connectivity index (χ2v) is 6.91. The first kappa shape index (κ1) is 19.7. The molecule has 3 rings (SSSR count). The lowest BCUT2D eigenvalue weighted by Crippen LogP contribution is -2.48. The SMILES string of the molecule is CCc1cccc(OCC(=O)NC2CCN(C(=O)Nc3ccccc3)CC2)c1. The molecule has 0 saturated carbocycles. The molecule has 2 N–H and O–H groups in total. The molecule has 1 saturated heterocycles. The lowest BCUT2D eigenvalue weighted by Gasteiger charge is -2.32. The first-order valence-corrected chi connectivity index (χ1v) is 9.76. The molecule has 1 heterocycles. The molecule has 1 aliphatic rings. The minimum atomic E-state index is -0.130. The van der Waals surface area contributed by atoms with Crippen molar-refractivity contribution in [1.29, 1.82) is 0 Å². The number of nitrogens with zero attached hydrogens (tertiary/aromatic N) is 1. The van der Waals surface area contributed by atoms with Gasteiger partial charge >= 0.3 is 6.03 Å². The van der Waals surface area contributed by atoms with Crippen molar-refractivity contribution >= 4 is 17.6 Å². The lowest BCUT2D eigenvalue weighted by atomic mass is 10.1. The molecule has 6 nitrogen and oxygen atoms in total. The van der Waals surface area contributed by atoms with E-state index in [1.165, 1.54) is 5.56 Å². The van der Waals surface area contributed by atoms with Gasteiger partial charge in [0.1, 0.15) is 5.75 Å². The predicted octanol–water partition coefficient (Wildman–Crippen LogP) is 3.44. The van der Waals surface area contributed by atoms with Crippen molar-refractivity contribution in [3.8, 4) is 5.75 Å². The summed E-state index contributed by atoms with van der Waals surface area (Å²) in [6, 6.07) is 17.2. The van der Waals surface area contributed by atoms with E-state index >= 15 is 0 Å². The number of carbonyl (C=O) groups is 2. The molecule has 1 fully saturated rings. The van der Waals surface area contributed by atoms with Gasteiger partial charge in [-0.2, -0.15) is 0 Å². The summed E-state index contributed by atoms with van der Waals surface area (Å²) in [4.78, 5) is 26.3. The second kappa shape index (κ2) is 9.78. The maximum absolute atomic E-state index is 12.3. The standard InChI is InChI=1S/C22H27N3O3/c1-2-17-7-6-10-20(15-17)28-16-21(26)23-19-11-13-25(14-12-19)22(27)24-18-8-4-3-5-9-18/h3-10,15,19H,2,11-14,16H2,1H3,(H,23,26)(H,24,27). The number of hydrogen-bond acceptors (Lipinski definition) is 3.